The summed E-state index contributed by atoms with van der Waals surface area (Å²) in [6.07, 6.45) is 1.75. The van der Waals surface area contributed by atoms with Gasteiger partial charge < -0.3 is 21.2 Å². The highest BCUT2D eigenvalue weighted by molar-refractivity contribution is 6.18. The minimum atomic E-state index is -1.40. The van der Waals surface area contributed by atoms with Gasteiger partial charge in [-0.1, -0.05) is 0 Å². The van der Waals surface area contributed by atoms with E-state index in [1.807, 2.05) is 0 Å². The molecule has 0 heterocycles. The first-order valence-corrected chi connectivity index (χ1v) is 7.37. The highest BCUT2D eigenvalue weighted by Crippen LogP contribution is 2.20. The first-order valence-electron chi connectivity index (χ1n) is 7.37. The zero-order chi connectivity index (χ0) is 18.7. The summed E-state index contributed by atoms with van der Waals surface area (Å²) in [5.41, 5.74) is 4.26. The van der Waals surface area contributed by atoms with Crippen molar-refractivity contribution in [3.05, 3.63) is 46.5 Å². The Bertz CT molecular complexity index is 750. The van der Waals surface area contributed by atoms with Crippen molar-refractivity contribution in [3.63, 3.8) is 0 Å². The van der Waals surface area contributed by atoms with E-state index in [1.54, 1.807) is 0 Å². The lowest BCUT2D eigenvalue weighted by Gasteiger charge is -2.12. The predicted molar refractivity (Wildman–Crippen MR) is 82.4 cm³/mol. The highest BCUT2D eigenvalue weighted by Gasteiger charge is 2.26. The molecule has 0 amide bonds. The van der Waals surface area contributed by atoms with Gasteiger partial charge >= 0.3 is 5.97 Å². The Morgan fingerprint density at radius 3 is 2.32 bits per heavy atom. The van der Waals surface area contributed by atoms with E-state index in [1.165, 1.54) is 6.92 Å². The minimum absolute atomic E-state index is 0.0633. The third-order valence-corrected chi connectivity index (χ3v) is 3.41. The molecule has 1 aliphatic rings. The van der Waals surface area contributed by atoms with Crippen LogP contribution in [-0.2, 0) is 9.53 Å². The van der Waals surface area contributed by atoms with Gasteiger partial charge in [0.15, 0.2) is 6.61 Å². The first kappa shape index (κ1) is 18.5. The number of benzene rings is 1. The van der Waals surface area contributed by atoms with Gasteiger partial charge in [-0.05, 0) is 19.8 Å². The molecule has 2 rings (SSSR count). The summed E-state index contributed by atoms with van der Waals surface area (Å²) < 4.78 is 44.6. The number of nitrogens with two attached hydrogens (primary N) is 1. The molecule has 6 nitrogen and oxygen atoms in total. The number of carbonyl (C=O) groups is 2. The Kier molecular flexibility index (Phi) is 5.45. The second kappa shape index (κ2) is 7.37. The molecular weight excluding hydrogens is 339 g/mol. The predicted octanol–water partition coefficient (Wildman–Crippen LogP) is 1.79. The molecule has 1 saturated carbocycles. The van der Waals surface area contributed by atoms with Crippen molar-refractivity contribution in [1.82, 2.24) is 5.32 Å². The number of Topliss-reactive ketones (excluding diaryl/α,β-unsaturated/α-hetero) is 1. The topological polar surface area (TPSA) is 105 Å². The van der Waals surface area contributed by atoms with Gasteiger partial charge in [0.2, 0.25) is 5.78 Å². The van der Waals surface area contributed by atoms with E-state index in [4.69, 9.17) is 15.9 Å². The lowest BCUT2D eigenvalue weighted by molar-refractivity contribution is -0.137. The number of hydrogen-bond acceptors (Lipinski definition) is 6. The van der Waals surface area contributed by atoms with E-state index in [9.17, 15) is 22.8 Å². The number of carbonyl (C=O) groups excluding carboxylic acids is 2. The van der Waals surface area contributed by atoms with Gasteiger partial charge in [0.25, 0.3) is 0 Å². The molecule has 0 spiro atoms. The number of ketones is 1. The van der Waals surface area contributed by atoms with Crippen LogP contribution in [0.5, 0.6) is 0 Å². The third-order valence-electron chi connectivity index (χ3n) is 3.41. The van der Waals surface area contributed by atoms with Crippen LogP contribution in [0, 0.1) is 22.9 Å². The summed E-state index contributed by atoms with van der Waals surface area (Å²) in [4.78, 5) is 23.9. The fourth-order valence-corrected chi connectivity index (χ4v) is 2.07. The summed E-state index contributed by atoms with van der Waals surface area (Å²) >= 11 is 0. The van der Waals surface area contributed by atoms with Crippen LogP contribution in [0.2, 0.25) is 0 Å². The maximum absolute atomic E-state index is 13.5. The largest absolute Gasteiger partial charge is 0.454 e. The van der Waals surface area contributed by atoms with E-state index in [0.29, 0.717) is 12.1 Å². The summed E-state index contributed by atoms with van der Waals surface area (Å²) in [6.45, 7) is 0.324. The van der Waals surface area contributed by atoms with E-state index in [-0.39, 0.29) is 23.1 Å². The summed E-state index contributed by atoms with van der Waals surface area (Å²) in [5.74, 6) is -6.29. The zero-order valence-electron chi connectivity index (χ0n) is 13.3. The minimum Gasteiger partial charge on any atom is -0.454 e. The Morgan fingerprint density at radius 1 is 1.28 bits per heavy atom. The van der Waals surface area contributed by atoms with Crippen LogP contribution in [0.3, 0.4) is 0 Å². The number of rotatable bonds is 7. The van der Waals surface area contributed by atoms with Gasteiger partial charge in [-0.15, -0.1) is 0 Å². The van der Waals surface area contributed by atoms with Crippen molar-refractivity contribution >= 4 is 17.5 Å². The average Bonchev–Trinajstić information content (AvgIpc) is 3.27. The molecule has 25 heavy (non-hydrogen) atoms. The monoisotopic (exact) mass is 355 g/mol. The molecule has 134 valence electrons. The smallest absolute Gasteiger partial charge is 0.344 e. The van der Waals surface area contributed by atoms with Crippen molar-refractivity contribution in [2.45, 2.75) is 25.8 Å². The van der Waals surface area contributed by atoms with E-state index in [0.717, 1.165) is 12.8 Å². The van der Waals surface area contributed by atoms with Crippen LogP contribution < -0.4 is 11.1 Å². The van der Waals surface area contributed by atoms with Gasteiger partial charge in [0, 0.05) is 23.9 Å². The van der Waals surface area contributed by atoms with Gasteiger partial charge in [-0.25, -0.2) is 18.0 Å². The second-order valence-electron chi connectivity index (χ2n) is 5.58. The first-order chi connectivity index (χ1) is 11.7. The summed E-state index contributed by atoms with van der Waals surface area (Å²) in [6, 6.07) is 0.817. The van der Waals surface area contributed by atoms with Crippen molar-refractivity contribution in [1.29, 1.82) is 5.41 Å². The standard InChI is InChI=1S/C16H16F3N3O3/c1-7(20)13(15(21)22-9-2-3-9)16(24)25-6-12(23)14-10(18)4-8(17)5-11(14)19/h4-5,9,20,22H,2-3,6,21H2,1H3/b15-13+,20-7?. The molecule has 0 aliphatic heterocycles. The van der Waals surface area contributed by atoms with Crippen molar-refractivity contribution < 1.29 is 27.5 Å². The highest BCUT2D eigenvalue weighted by atomic mass is 19.1. The Morgan fingerprint density at radius 2 is 1.84 bits per heavy atom. The summed E-state index contributed by atoms with van der Waals surface area (Å²) in [7, 11) is 0. The maximum atomic E-state index is 13.5. The van der Waals surface area contributed by atoms with Gasteiger partial charge in [0.05, 0.1) is 5.56 Å². The molecule has 0 atom stereocenters. The third kappa shape index (κ3) is 4.59. The molecule has 0 saturated heterocycles. The van der Waals surface area contributed by atoms with Crippen LogP contribution in [0.1, 0.15) is 30.1 Å². The van der Waals surface area contributed by atoms with E-state index in [2.05, 4.69) is 5.32 Å². The van der Waals surface area contributed by atoms with Gasteiger partial charge in [-0.3, -0.25) is 4.79 Å². The summed E-state index contributed by atoms with van der Waals surface area (Å²) in [5, 5.41) is 10.4. The second-order valence-corrected chi connectivity index (χ2v) is 5.58. The Balaban J connectivity index is 2.10. The van der Waals surface area contributed by atoms with Crippen molar-refractivity contribution in [3.8, 4) is 0 Å². The molecule has 9 heteroatoms. The normalized spacial score (nSPS) is 14.6. The molecular formula is C16H16F3N3O3. The van der Waals surface area contributed by atoms with Crippen LogP contribution >= 0.6 is 0 Å². The number of hydrogen-bond donors (Lipinski definition) is 3. The molecule has 0 aromatic heterocycles. The molecule has 0 bridgehead atoms. The lowest BCUT2D eigenvalue weighted by atomic mass is 10.1. The molecule has 4 N–H and O–H groups in total. The molecule has 0 radical (unpaired) electrons. The lowest BCUT2D eigenvalue weighted by Crippen LogP contribution is -2.30. The fraction of sp³-hybridized carbons (Fsp3) is 0.312. The molecule has 1 aliphatic carbocycles. The number of ether oxygens (including phenoxy) is 1. The number of halogens is 3. The van der Waals surface area contributed by atoms with Crippen LogP contribution in [0.4, 0.5) is 13.2 Å². The van der Waals surface area contributed by atoms with Crippen LogP contribution in [0.25, 0.3) is 0 Å². The molecule has 0 unspecified atom stereocenters. The van der Waals surface area contributed by atoms with Crippen molar-refractivity contribution in [2.75, 3.05) is 6.61 Å². The average molecular weight is 355 g/mol. The maximum Gasteiger partial charge on any atom is 0.344 e. The Labute approximate surface area is 141 Å². The SMILES string of the molecule is CC(=N)/C(C(=O)OCC(=O)c1c(F)cc(F)cc1F)=C(/N)NC1CC1. The van der Waals surface area contributed by atoms with E-state index < -0.39 is 41.4 Å². The fourth-order valence-electron chi connectivity index (χ4n) is 2.07. The zero-order valence-corrected chi connectivity index (χ0v) is 13.3. The van der Waals surface area contributed by atoms with Crippen molar-refractivity contribution in [2.24, 2.45) is 5.73 Å². The molecule has 1 fully saturated rings. The Hall–Kier alpha value is -2.84. The quantitative estimate of drug-likeness (QED) is 0.299. The molecule has 1 aromatic carbocycles. The molecule has 1 aromatic rings. The van der Waals surface area contributed by atoms with E-state index >= 15 is 0 Å². The number of esters is 1. The van der Waals surface area contributed by atoms with Gasteiger partial charge in [0.1, 0.15) is 28.8 Å². The van der Waals surface area contributed by atoms with Crippen LogP contribution in [0.15, 0.2) is 23.5 Å². The number of nitrogens with one attached hydrogen (secondary N) is 2. The van der Waals surface area contributed by atoms with Gasteiger partial charge in [-0.2, -0.15) is 0 Å². The van der Waals surface area contributed by atoms with Crippen LogP contribution in [-0.4, -0.2) is 30.1 Å².